The van der Waals surface area contributed by atoms with Crippen molar-refractivity contribution in [2.24, 2.45) is 7.05 Å². The highest BCUT2D eigenvalue weighted by Gasteiger charge is 2.16. The van der Waals surface area contributed by atoms with E-state index in [1.54, 1.807) is 31.3 Å². The number of anilines is 1. The van der Waals surface area contributed by atoms with Crippen molar-refractivity contribution in [3.63, 3.8) is 0 Å². The Balaban J connectivity index is 1.61. The van der Waals surface area contributed by atoms with E-state index >= 15 is 0 Å². The fourth-order valence-corrected chi connectivity index (χ4v) is 2.97. The molecular weight excluding hydrogens is 352 g/mol. The minimum atomic E-state index is -0.804. The van der Waals surface area contributed by atoms with Crippen molar-refractivity contribution in [3.8, 4) is 0 Å². The lowest BCUT2D eigenvalue weighted by molar-refractivity contribution is 0.0910. The molecule has 1 aromatic carbocycles. The molecular formula is C18H18N4O3S. The Morgan fingerprint density at radius 3 is 2.65 bits per heavy atom. The van der Waals surface area contributed by atoms with Crippen molar-refractivity contribution in [2.45, 2.75) is 6.10 Å². The van der Waals surface area contributed by atoms with Gasteiger partial charge in [0.1, 0.15) is 5.82 Å². The highest BCUT2D eigenvalue weighted by Crippen LogP contribution is 2.15. The first-order chi connectivity index (χ1) is 12.5. The number of nitrogens with zero attached hydrogens (tertiary/aromatic N) is 2. The molecule has 3 rings (SSSR count). The molecule has 0 aliphatic rings. The van der Waals surface area contributed by atoms with Crippen LogP contribution in [0.5, 0.6) is 0 Å². The third-order valence-corrected chi connectivity index (χ3v) is 4.61. The molecule has 0 saturated carbocycles. The van der Waals surface area contributed by atoms with E-state index in [2.05, 4.69) is 15.7 Å². The molecule has 0 fully saturated rings. The maximum Gasteiger partial charge on any atom is 0.271 e. The van der Waals surface area contributed by atoms with Gasteiger partial charge in [-0.05, 0) is 17.0 Å². The molecule has 2 amide bonds. The topological polar surface area (TPSA) is 96.2 Å². The zero-order valence-corrected chi connectivity index (χ0v) is 14.9. The van der Waals surface area contributed by atoms with Crippen LogP contribution in [0, 0.1) is 0 Å². The zero-order chi connectivity index (χ0) is 18.5. The number of carbonyl (C=O) groups is 2. The van der Waals surface area contributed by atoms with E-state index in [4.69, 9.17) is 0 Å². The number of carbonyl (C=O) groups excluding carboxylic acids is 2. The summed E-state index contributed by atoms with van der Waals surface area (Å²) in [7, 11) is 1.64. The molecule has 0 radical (unpaired) electrons. The van der Waals surface area contributed by atoms with Crippen molar-refractivity contribution in [2.75, 3.05) is 11.9 Å². The summed E-state index contributed by atoms with van der Waals surface area (Å²) >= 11 is 1.33. The van der Waals surface area contributed by atoms with Gasteiger partial charge >= 0.3 is 0 Å². The second-order valence-corrected chi connectivity index (χ2v) is 6.55. The second kappa shape index (κ2) is 7.94. The third kappa shape index (κ3) is 4.16. The van der Waals surface area contributed by atoms with Crippen LogP contribution < -0.4 is 10.6 Å². The average Bonchev–Trinajstić information content (AvgIpc) is 3.31. The molecule has 0 aliphatic carbocycles. The number of hydrogen-bond donors (Lipinski definition) is 3. The normalized spacial score (nSPS) is 11.8. The molecule has 3 aromatic rings. The van der Waals surface area contributed by atoms with E-state index in [0.717, 1.165) is 5.56 Å². The number of aryl methyl sites for hydroxylation is 1. The van der Waals surface area contributed by atoms with Gasteiger partial charge in [0, 0.05) is 19.7 Å². The average molecular weight is 370 g/mol. The van der Waals surface area contributed by atoms with Gasteiger partial charge in [0.25, 0.3) is 11.8 Å². The Kier molecular flexibility index (Phi) is 5.45. The molecule has 2 aromatic heterocycles. The van der Waals surface area contributed by atoms with E-state index in [9.17, 15) is 14.7 Å². The number of aliphatic hydroxyl groups is 1. The summed E-state index contributed by atoms with van der Waals surface area (Å²) < 4.78 is 1.42. The second-order valence-electron chi connectivity index (χ2n) is 5.61. The number of rotatable bonds is 6. The van der Waals surface area contributed by atoms with E-state index < -0.39 is 12.0 Å². The fourth-order valence-electron chi connectivity index (χ4n) is 2.35. The Bertz CT molecular complexity index is 891. The summed E-state index contributed by atoms with van der Waals surface area (Å²) in [6, 6.07) is 14.1. The summed E-state index contributed by atoms with van der Waals surface area (Å²) in [5, 5.41) is 21.4. The van der Waals surface area contributed by atoms with Crippen molar-refractivity contribution in [1.82, 2.24) is 15.1 Å². The molecule has 0 saturated heterocycles. The van der Waals surface area contributed by atoms with Crippen LogP contribution in [0.25, 0.3) is 0 Å². The number of aliphatic hydroxyl groups excluding tert-OH is 1. The Hall–Kier alpha value is -2.97. The van der Waals surface area contributed by atoms with Gasteiger partial charge in [0.05, 0.1) is 11.0 Å². The number of benzene rings is 1. The number of aromatic nitrogens is 2. The molecule has 7 nitrogen and oxygen atoms in total. The minimum Gasteiger partial charge on any atom is -0.387 e. The smallest absolute Gasteiger partial charge is 0.271 e. The summed E-state index contributed by atoms with van der Waals surface area (Å²) in [6.45, 7) is 0.0658. The van der Waals surface area contributed by atoms with E-state index in [-0.39, 0.29) is 18.1 Å². The fraction of sp³-hybridized carbons (Fsp3) is 0.167. The maximum atomic E-state index is 12.3. The predicted molar refractivity (Wildman–Crippen MR) is 99.2 cm³/mol. The highest BCUT2D eigenvalue weighted by molar-refractivity contribution is 7.12. The van der Waals surface area contributed by atoms with Gasteiger partial charge < -0.3 is 15.7 Å². The maximum absolute atomic E-state index is 12.3. The van der Waals surface area contributed by atoms with Gasteiger partial charge in [-0.1, -0.05) is 36.4 Å². The van der Waals surface area contributed by atoms with Crippen LogP contribution in [0.4, 0.5) is 5.82 Å². The van der Waals surface area contributed by atoms with Crippen molar-refractivity contribution in [3.05, 3.63) is 70.0 Å². The van der Waals surface area contributed by atoms with Gasteiger partial charge in [-0.2, -0.15) is 5.10 Å². The van der Waals surface area contributed by atoms with Crippen LogP contribution in [0.3, 0.4) is 0 Å². The van der Waals surface area contributed by atoms with E-state index in [1.165, 1.54) is 22.1 Å². The molecule has 0 spiro atoms. The predicted octanol–water partition coefficient (Wildman–Crippen LogP) is 2.20. The number of hydrogen-bond acceptors (Lipinski definition) is 5. The van der Waals surface area contributed by atoms with Gasteiger partial charge in [-0.3, -0.25) is 14.3 Å². The van der Waals surface area contributed by atoms with Gasteiger partial charge in [-0.25, -0.2) is 0 Å². The molecule has 2 heterocycles. The largest absolute Gasteiger partial charge is 0.387 e. The van der Waals surface area contributed by atoms with Gasteiger partial charge in [0.2, 0.25) is 0 Å². The van der Waals surface area contributed by atoms with Gasteiger partial charge in [-0.15, -0.1) is 11.3 Å². The molecule has 134 valence electrons. The molecule has 26 heavy (non-hydrogen) atoms. The van der Waals surface area contributed by atoms with E-state index in [1.807, 2.05) is 23.6 Å². The number of nitrogens with one attached hydrogen (secondary N) is 2. The summed E-state index contributed by atoms with van der Waals surface area (Å²) in [6.07, 6.45) is -0.804. The quantitative estimate of drug-likeness (QED) is 0.620. The highest BCUT2D eigenvalue weighted by atomic mass is 32.1. The Morgan fingerprint density at radius 2 is 1.96 bits per heavy atom. The van der Waals surface area contributed by atoms with Crippen molar-refractivity contribution in [1.29, 1.82) is 0 Å². The van der Waals surface area contributed by atoms with Crippen LogP contribution >= 0.6 is 11.3 Å². The van der Waals surface area contributed by atoms with Crippen LogP contribution in [0.2, 0.25) is 0 Å². The van der Waals surface area contributed by atoms with Crippen molar-refractivity contribution >= 4 is 29.0 Å². The molecule has 8 heteroatoms. The lowest BCUT2D eigenvalue weighted by Crippen LogP contribution is -2.28. The number of amides is 2. The third-order valence-electron chi connectivity index (χ3n) is 3.74. The minimum absolute atomic E-state index is 0.0658. The van der Waals surface area contributed by atoms with Crippen LogP contribution in [0.1, 0.15) is 31.8 Å². The Labute approximate surface area is 154 Å². The first-order valence-electron chi connectivity index (χ1n) is 7.94. The van der Waals surface area contributed by atoms with Gasteiger partial charge in [0.15, 0.2) is 5.69 Å². The van der Waals surface area contributed by atoms with Crippen molar-refractivity contribution < 1.29 is 14.7 Å². The monoisotopic (exact) mass is 370 g/mol. The summed E-state index contributed by atoms with van der Waals surface area (Å²) in [5.74, 6) is -0.265. The standard InChI is InChI=1S/C18H18N4O3S/c1-22-16(20-18(25)15-8-5-9-26-15)10-13(21-22)17(24)19-11-14(23)12-6-3-2-4-7-12/h2-10,14,23H,11H2,1H3,(H,19,24)(H,20,25). The SMILES string of the molecule is Cn1nc(C(=O)NCC(O)c2ccccc2)cc1NC(=O)c1cccs1. The van der Waals surface area contributed by atoms with Crippen LogP contribution in [-0.4, -0.2) is 33.2 Å². The first kappa shape index (κ1) is 17.8. The number of thiophene rings is 1. The first-order valence-corrected chi connectivity index (χ1v) is 8.82. The van der Waals surface area contributed by atoms with Crippen LogP contribution in [-0.2, 0) is 7.05 Å². The lowest BCUT2D eigenvalue weighted by atomic mass is 10.1. The molecule has 0 bridgehead atoms. The molecule has 1 unspecified atom stereocenters. The van der Waals surface area contributed by atoms with Crippen LogP contribution in [0.15, 0.2) is 53.9 Å². The summed E-state index contributed by atoms with van der Waals surface area (Å²) in [5.41, 5.74) is 0.881. The zero-order valence-electron chi connectivity index (χ0n) is 14.0. The molecule has 3 N–H and O–H groups in total. The lowest BCUT2D eigenvalue weighted by Gasteiger charge is -2.11. The molecule has 1 atom stereocenters. The molecule has 0 aliphatic heterocycles. The van der Waals surface area contributed by atoms with E-state index in [0.29, 0.717) is 10.7 Å². The Morgan fingerprint density at radius 1 is 1.19 bits per heavy atom. The summed E-state index contributed by atoms with van der Waals surface area (Å²) in [4.78, 5) is 24.9.